The molecule has 0 atom stereocenters. The van der Waals surface area contributed by atoms with E-state index in [1.165, 1.54) is 24.0 Å². The molecule has 2 aromatic carbocycles. The molecule has 1 nitrogen and oxygen atoms in total. The van der Waals surface area contributed by atoms with Gasteiger partial charge in [-0.3, -0.25) is 0 Å². The zero-order valence-electron chi connectivity index (χ0n) is 10.8. The Labute approximate surface area is 133 Å². The summed E-state index contributed by atoms with van der Waals surface area (Å²) in [4.78, 5) is 0. The summed E-state index contributed by atoms with van der Waals surface area (Å²) < 4.78 is 0. The van der Waals surface area contributed by atoms with Crippen molar-refractivity contribution in [3.63, 3.8) is 0 Å². The highest BCUT2D eigenvalue weighted by Gasteiger charge is 2.25. The lowest BCUT2D eigenvalue weighted by molar-refractivity contribution is 1.04. The van der Waals surface area contributed by atoms with E-state index in [-0.39, 0.29) is 0 Å². The highest BCUT2D eigenvalue weighted by atomic mass is 35.5. The number of hydrogen-bond donors (Lipinski definition) is 1. The van der Waals surface area contributed by atoms with Crippen LogP contribution in [0, 0.1) is 0 Å². The quantitative estimate of drug-likeness (QED) is 0.712. The summed E-state index contributed by atoms with van der Waals surface area (Å²) in [5.74, 6) is 0.726. The van der Waals surface area contributed by atoms with Gasteiger partial charge in [-0.05, 0) is 42.0 Å². The molecule has 1 fully saturated rings. The highest BCUT2D eigenvalue weighted by molar-refractivity contribution is 6.41. The average Bonchev–Trinajstić information content (AvgIpc) is 3.22. The Morgan fingerprint density at radius 1 is 1.00 bits per heavy atom. The van der Waals surface area contributed by atoms with E-state index in [2.05, 4.69) is 29.6 Å². The van der Waals surface area contributed by atoms with Gasteiger partial charge in [0.05, 0.1) is 15.7 Å². The standard InChI is InChI=1S/C16H14Cl3N/c17-12-7-14(18)16(15(19)8-12)20-9-11-3-1-2-4-13(11)10-5-6-10/h1-4,7-8,10,20H,5-6,9H2. The smallest absolute Gasteiger partial charge is 0.0722 e. The Morgan fingerprint density at radius 2 is 1.65 bits per heavy atom. The zero-order valence-corrected chi connectivity index (χ0v) is 13.1. The summed E-state index contributed by atoms with van der Waals surface area (Å²) in [6, 6.07) is 11.9. The van der Waals surface area contributed by atoms with Crippen LogP contribution < -0.4 is 5.32 Å². The van der Waals surface area contributed by atoms with Gasteiger partial charge in [-0.1, -0.05) is 59.1 Å². The van der Waals surface area contributed by atoms with E-state index >= 15 is 0 Å². The third kappa shape index (κ3) is 3.06. The molecule has 2 aromatic rings. The van der Waals surface area contributed by atoms with Gasteiger partial charge >= 0.3 is 0 Å². The lowest BCUT2D eigenvalue weighted by Gasteiger charge is -2.13. The Bertz CT molecular complexity index is 612. The fourth-order valence-corrected chi connectivity index (χ4v) is 3.33. The van der Waals surface area contributed by atoms with Crippen molar-refractivity contribution in [3.8, 4) is 0 Å². The minimum Gasteiger partial charge on any atom is -0.379 e. The first-order valence-corrected chi connectivity index (χ1v) is 7.75. The highest BCUT2D eigenvalue weighted by Crippen LogP contribution is 2.42. The molecule has 0 heterocycles. The van der Waals surface area contributed by atoms with Gasteiger partial charge in [-0.25, -0.2) is 0 Å². The second-order valence-electron chi connectivity index (χ2n) is 5.07. The van der Waals surface area contributed by atoms with E-state index in [1.807, 2.05) is 0 Å². The minimum absolute atomic E-state index is 0.545. The van der Waals surface area contributed by atoms with Gasteiger partial charge in [0.15, 0.2) is 0 Å². The van der Waals surface area contributed by atoms with E-state index in [4.69, 9.17) is 34.8 Å². The fourth-order valence-electron chi connectivity index (χ4n) is 2.38. The molecule has 1 N–H and O–H groups in total. The molecular formula is C16H14Cl3N. The number of nitrogens with one attached hydrogen (secondary N) is 1. The van der Waals surface area contributed by atoms with Crippen LogP contribution in [-0.4, -0.2) is 0 Å². The molecular weight excluding hydrogens is 313 g/mol. The fraction of sp³-hybridized carbons (Fsp3) is 0.250. The molecule has 104 valence electrons. The lowest BCUT2D eigenvalue weighted by Crippen LogP contribution is -2.03. The first kappa shape index (κ1) is 14.1. The van der Waals surface area contributed by atoms with Gasteiger partial charge in [0.2, 0.25) is 0 Å². The normalized spacial score (nSPS) is 14.3. The van der Waals surface area contributed by atoms with E-state index < -0.39 is 0 Å². The van der Waals surface area contributed by atoms with E-state index in [0.29, 0.717) is 21.6 Å². The number of hydrogen-bond acceptors (Lipinski definition) is 1. The number of anilines is 1. The van der Waals surface area contributed by atoms with Crippen molar-refractivity contribution in [1.82, 2.24) is 0 Å². The first-order valence-electron chi connectivity index (χ1n) is 6.61. The number of rotatable bonds is 4. The molecule has 4 heteroatoms. The Balaban J connectivity index is 1.80. The topological polar surface area (TPSA) is 12.0 Å². The molecule has 1 saturated carbocycles. The molecule has 0 amide bonds. The van der Waals surface area contributed by atoms with Crippen molar-refractivity contribution in [3.05, 3.63) is 62.6 Å². The maximum Gasteiger partial charge on any atom is 0.0722 e. The van der Waals surface area contributed by atoms with Crippen LogP contribution >= 0.6 is 34.8 Å². The second-order valence-corrected chi connectivity index (χ2v) is 6.32. The zero-order chi connectivity index (χ0) is 14.1. The Hall–Kier alpha value is -0.890. The van der Waals surface area contributed by atoms with E-state index in [9.17, 15) is 0 Å². The van der Waals surface area contributed by atoms with Crippen LogP contribution in [0.1, 0.15) is 29.9 Å². The molecule has 0 saturated heterocycles. The maximum absolute atomic E-state index is 6.18. The third-order valence-corrected chi connectivity index (χ3v) is 4.35. The molecule has 0 unspecified atom stereocenters. The van der Waals surface area contributed by atoms with Gasteiger partial charge in [-0.15, -0.1) is 0 Å². The van der Waals surface area contributed by atoms with Crippen LogP contribution in [0.3, 0.4) is 0 Å². The van der Waals surface area contributed by atoms with Gasteiger partial charge in [-0.2, -0.15) is 0 Å². The number of halogens is 3. The van der Waals surface area contributed by atoms with Crippen molar-refractivity contribution >= 4 is 40.5 Å². The van der Waals surface area contributed by atoms with Gasteiger partial charge < -0.3 is 5.32 Å². The molecule has 1 aliphatic rings. The molecule has 0 aromatic heterocycles. The SMILES string of the molecule is Clc1cc(Cl)c(NCc2ccccc2C2CC2)c(Cl)c1. The van der Waals surface area contributed by atoms with Crippen molar-refractivity contribution in [1.29, 1.82) is 0 Å². The van der Waals surface area contributed by atoms with Crippen molar-refractivity contribution < 1.29 is 0 Å². The molecule has 3 rings (SSSR count). The van der Waals surface area contributed by atoms with Gasteiger partial charge in [0.1, 0.15) is 0 Å². The van der Waals surface area contributed by atoms with E-state index in [0.717, 1.165) is 11.6 Å². The summed E-state index contributed by atoms with van der Waals surface area (Å²) in [6.07, 6.45) is 2.58. The minimum atomic E-state index is 0.545. The van der Waals surface area contributed by atoms with Crippen molar-refractivity contribution in [2.75, 3.05) is 5.32 Å². The molecule has 20 heavy (non-hydrogen) atoms. The van der Waals surface area contributed by atoms with Crippen LogP contribution in [0.25, 0.3) is 0 Å². The molecule has 0 spiro atoms. The number of benzene rings is 2. The largest absolute Gasteiger partial charge is 0.379 e. The van der Waals surface area contributed by atoms with Crippen LogP contribution in [0.2, 0.25) is 15.1 Å². The Kier molecular flexibility index (Phi) is 4.11. The molecule has 0 aliphatic heterocycles. The monoisotopic (exact) mass is 325 g/mol. The van der Waals surface area contributed by atoms with Crippen LogP contribution in [0.15, 0.2) is 36.4 Å². The Morgan fingerprint density at radius 3 is 2.30 bits per heavy atom. The van der Waals surface area contributed by atoms with Gasteiger partial charge in [0.25, 0.3) is 0 Å². The van der Waals surface area contributed by atoms with Crippen molar-refractivity contribution in [2.45, 2.75) is 25.3 Å². The molecule has 1 aliphatic carbocycles. The predicted octanol–water partition coefficient (Wildman–Crippen LogP) is 6.14. The summed E-state index contributed by atoms with van der Waals surface area (Å²) in [6.45, 7) is 0.716. The third-order valence-electron chi connectivity index (χ3n) is 3.53. The summed E-state index contributed by atoms with van der Waals surface area (Å²) in [5.41, 5.74) is 3.47. The predicted molar refractivity (Wildman–Crippen MR) is 87.2 cm³/mol. The lowest BCUT2D eigenvalue weighted by atomic mass is 10.0. The maximum atomic E-state index is 6.18. The first-order chi connectivity index (χ1) is 9.65. The average molecular weight is 327 g/mol. The van der Waals surface area contributed by atoms with Crippen LogP contribution in [0.4, 0.5) is 5.69 Å². The second kappa shape index (κ2) is 5.85. The van der Waals surface area contributed by atoms with Crippen molar-refractivity contribution in [2.24, 2.45) is 0 Å². The molecule has 0 radical (unpaired) electrons. The summed E-state index contributed by atoms with van der Waals surface area (Å²) in [5, 5.41) is 4.97. The van der Waals surface area contributed by atoms with Crippen LogP contribution in [-0.2, 0) is 6.54 Å². The summed E-state index contributed by atoms with van der Waals surface area (Å²) >= 11 is 18.3. The van der Waals surface area contributed by atoms with Gasteiger partial charge in [0, 0.05) is 11.6 Å². The van der Waals surface area contributed by atoms with E-state index in [1.54, 1.807) is 12.1 Å². The van der Waals surface area contributed by atoms with Crippen LogP contribution in [0.5, 0.6) is 0 Å². The molecule has 0 bridgehead atoms. The summed E-state index contributed by atoms with van der Waals surface area (Å²) in [7, 11) is 0.